The summed E-state index contributed by atoms with van der Waals surface area (Å²) in [5.74, 6) is 0.914. The second kappa shape index (κ2) is 7.14. The summed E-state index contributed by atoms with van der Waals surface area (Å²) in [5, 5.41) is 7.86. The predicted octanol–water partition coefficient (Wildman–Crippen LogP) is 1.34. The summed E-state index contributed by atoms with van der Waals surface area (Å²) in [6.45, 7) is 2.67. The van der Waals surface area contributed by atoms with Crippen molar-refractivity contribution in [2.75, 3.05) is 13.1 Å². The molecule has 27 heavy (non-hydrogen) atoms. The molecule has 1 amide bonds. The van der Waals surface area contributed by atoms with E-state index < -0.39 is 0 Å². The maximum absolute atomic E-state index is 12.8. The SMILES string of the molecule is Cc1noc([C@H]2CN(C(=O)Cn3ncccc3=O)C[C@H]2c2ccccc2)n1. The fourth-order valence-corrected chi connectivity index (χ4v) is 3.49. The highest BCUT2D eigenvalue weighted by molar-refractivity contribution is 5.76. The Morgan fingerprint density at radius 2 is 1.93 bits per heavy atom. The van der Waals surface area contributed by atoms with Gasteiger partial charge in [-0.25, -0.2) is 4.68 Å². The standard InChI is InChI=1S/C19H19N5O3/c1-13-21-19(27-22-13)16-11-23(10-15(16)14-6-3-2-4-7-14)18(26)12-24-17(25)8-5-9-20-24/h2-9,15-16H,10-12H2,1H3/t15-,16-/m0/s1. The Hall–Kier alpha value is -3.29. The normalized spacial score (nSPS) is 19.4. The highest BCUT2D eigenvalue weighted by Gasteiger charge is 2.40. The fourth-order valence-electron chi connectivity index (χ4n) is 3.49. The summed E-state index contributed by atoms with van der Waals surface area (Å²) >= 11 is 0. The van der Waals surface area contributed by atoms with E-state index in [-0.39, 0.29) is 29.8 Å². The first-order valence-corrected chi connectivity index (χ1v) is 8.77. The molecule has 0 radical (unpaired) electrons. The number of amides is 1. The molecule has 4 rings (SSSR count). The zero-order chi connectivity index (χ0) is 18.8. The summed E-state index contributed by atoms with van der Waals surface area (Å²) in [7, 11) is 0. The van der Waals surface area contributed by atoms with Crippen LogP contribution in [0.4, 0.5) is 0 Å². The Kier molecular flexibility index (Phi) is 4.53. The summed E-state index contributed by atoms with van der Waals surface area (Å²) in [5.41, 5.74) is 0.817. The first-order valence-electron chi connectivity index (χ1n) is 8.77. The Morgan fingerprint density at radius 1 is 1.15 bits per heavy atom. The van der Waals surface area contributed by atoms with Gasteiger partial charge in [-0.15, -0.1) is 0 Å². The molecule has 8 nitrogen and oxygen atoms in total. The predicted molar refractivity (Wildman–Crippen MR) is 96.0 cm³/mol. The van der Waals surface area contributed by atoms with Gasteiger partial charge in [0.25, 0.3) is 5.56 Å². The number of aryl methyl sites for hydroxylation is 1. The van der Waals surface area contributed by atoms with Crippen molar-refractivity contribution in [3.05, 3.63) is 76.3 Å². The van der Waals surface area contributed by atoms with E-state index in [1.807, 2.05) is 30.3 Å². The average molecular weight is 365 g/mol. The summed E-state index contributed by atoms with van der Waals surface area (Å²) in [4.78, 5) is 30.7. The molecule has 1 saturated heterocycles. The third-order valence-corrected chi connectivity index (χ3v) is 4.83. The Morgan fingerprint density at radius 3 is 2.63 bits per heavy atom. The van der Waals surface area contributed by atoms with Crippen molar-refractivity contribution in [1.29, 1.82) is 0 Å². The number of aromatic nitrogens is 4. The first-order chi connectivity index (χ1) is 13.1. The molecule has 1 aliphatic rings. The molecule has 138 valence electrons. The second-order valence-corrected chi connectivity index (χ2v) is 6.62. The summed E-state index contributed by atoms with van der Waals surface area (Å²) < 4.78 is 6.57. The largest absolute Gasteiger partial charge is 0.340 e. The minimum atomic E-state index is -0.297. The number of benzene rings is 1. The van der Waals surface area contributed by atoms with Gasteiger partial charge in [-0.05, 0) is 18.6 Å². The van der Waals surface area contributed by atoms with Crippen LogP contribution < -0.4 is 5.56 Å². The van der Waals surface area contributed by atoms with Gasteiger partial charge in [0, 0.05) is 31.3 Å². The topological polar surface area (TPSA) is 94.1 Å². The van der Waals surface area contributed by atoms with Gasteiger partial charge in [0.05, 0.1) is 5.92 Å². The molecule has 1 aromatic carbocycles. The quantitative estimate of drug-likeness (QED) is 0.693. The smallest absolute Gasteiger partial charge is 0.267 e. The van der Waals surface area contributed by atoms with Crippen LogP contribution in [0.2, 0.25) is 0 Å². The fraction of sp³-hybridized carbons (Fsp3) is 0.316. The van der Waals surface area contributed by atoms with Crippen molar-refractivity contribution in [3.8, 4) is 0 Å². The van der Waals surface area contributed by atoms with Gasteiger partial charge in [-0.3, -0.25) is 9.59 Å². The molecule has 8 heteroatoms. The number of carbonyl (C=O) groups is 1. The molecule has 3 heterocycles. The van der Waals surface area contributed by atoms with Crippen LogP contribution in [-0.4, -0.2) is 43.8 Å². The zero-order valence-electron chi connectivity index (χ0n) is 14.9. The maximum Gasteiger partial charge on any atom is 0.267 e. The van der Waals surface area contributed by atoms with Crippen LogP contribution >= 0.6 is 0 Å². The second-order valence-electron chi connectivity index (χ2n) is 6.62. The van der Waals surface area contributed by atoms with Gasteiger partial charge in [0.2, 0.25) is 11.8 Å². The molecular weight excluding hydrogens is 346 g/mol. The van der Waals surface area contributed by atoms with E-state index in [2.05, 4.69) is 15.2 Å². The molecule has 0 saturated carbocycles. The van der Waals surface area contributed by atoms with E-state index in [1.165, 1.54) is 16.9 Å². The van der Waals surface area contributed by atoms with Gasteiger partial charge >= 0.3 is 0 Å². The lowest BCUT2D eigenvalue weighted by atomic mass is 9.89. The Bertz CT molecular complexity index is 998. The minimum Gasteiger partial charge on any atom is -0.340 e. The van der Waals surface area contributed by atoms with Crippen LogP contribution in [0.25, 0.3) is 0 Å². The first kappa shape index (κ1) is 17.1. The molecule has 0 aliphatic carbocycles. The van der Waals surface area contributed by atoms with Crippen LogP contribution in [-0.2, 0) is 11.3 Å². The van der Waals surface area contributed by atoms with Gasteiger partial charge in [0.1, 0.15) is 6.54 Å². The van der Waals surface area contributed by atoms with Crippen molar-refractivity contribution in [1.82, 2.24) is 24.8 Å². The van der Waals surface area contributed by atoms with E-state index >= 15 is 0 Å². The number of nitrogens with zero attached hydrogens (tertiary/aromatic N) is 5. The lowest BCUT2D eigenvalue weighted by Gasteiger charge is -2.16. The van der Waals surface area contributed by atoms with Gasteiger partial charge in [-0.2, -0.15) is 10.1 Å². The van der Waals surface area contributed by atoms with Crippen molar-refractivity contribution >= 4 is 5.91 Å². The number of hydrogen-bond donors (Lipinski definition) is 0. The lowest BCUT2D eigenvalue weighted by Crippen LogP contribution is -2.35. The molecular formula is C19H19N5O3. The highest BCUT2D eigenvalue weighted by Crippen LogP contribution is 2.39. The molecule has 1 fully saturated rings. The molecule has 3 aromatic rings. The summed E-state index contributed by atoms with van der Waals surface area (Å²) in [6.07, 6.45) is 1.50. The summed E-state index contributed by atoms with van der Waals surface area (Å²) in [6, 6.07) is 12.9. The van der Waals surface area contributed by atoms with E-state index in [0.717, 1.165) is 5.56 Å². The van der Waals surface area contributed by atoms with Crippen molar-refractivity contribution in [2.24, 2.45) is 0 Å². The van der Waals surface area contributed by atoms with E-state index in [0.29, 0.717) is 24.8 Å². The van der Waals surface area contributed by atoms with Crippen LogP contribution in [0.1, 0.15) is 29.1 Å². The molecule has 2 aromatic heterocycles. The van der Waals surface area contributed by atoms with Gasteiger partial charge < -0.3 is 9.42 Å². The molecule has 0 spiro atoms. The third kappa shape index (κ3) is 3.51. The van der Waals surface area contributed by atoms with Crippen LogP contribution in [0.3, 0.4) is 0 Å². The molecule has 0 bridgehead atoms. The average Bonchev–Trinajstić information content (AvgIpc) is 3.31. The van der Waals surface area contributed by atoms with Gasteiger partial charge in [-0.1, -0.05) is 35.5 Å². The van der Waals surface area contributed by atoms with E-state index in [9.17, 15) is 9.59 Å². The highest BCUT2D eigenvalue weighted by atomic mass is 16.5. The number of rotatable bonds is 4. The van der Waals surface area contributed by atoms with E-state index in [4.69, 9.17) is 4.52 Å². The third-order valence-electron chi connectivity index (χ3n) is 4.83. The monoisotopic (exact) mass is 365 g/mol. The molecule has 2 atom stereocenters. The number of hydrogen-bond acceptors (Lipinski definition) is 6. The van der Waals surface area contributed by atoms with Crippen LogP contribution in [0.15, 0.2) is 58.0 Å². The zero-order valence-corrected chi connectivity index (χ0v) is 14.9. The van der Waals surface area contributed by atoms with Crippen LogP contribution in [0.5, 0.6) is 0 Å². The number of carbonyl (C=O) groups excluding carboxylic acids is 1. The van der Waals surface area contributed by atoms with Gasteiger partial charge in [0.15, 0.2) is 5.82 Å². The van der Waals surface area contributed by atoms with E-state index in [1.54, 1.807) is 17.9 Å². The van der Waals surface area contributed by atoms with Crippen molar-refractivity contribution in [3.63, 3.8) is 0 Å². The molecule has 1 aliphatic heterocycles. The Balaban J connectivity index is 1.59. The van der Waals surface area contributed by atoms with Crippen LogP contribution in [0, 0.1) is 6.92 Å². The van der Waals surface area contributed by atoms with Crippen molar-refractivity contribution in [2.45, 2.75) is 25.3 Å². The lowest BCUT2D eigenvalue weighted by molar-refractivity contribution is -0.131. The minimum absolute atomic E-state index is 0.0513. The molecule has 0 unspecified atom stereocenters. The number of likely N-dealkylation sites (tertiary alicyclic amines) is 1. The maximum atomic E-state index is 12.8. The Labute approximate surface area is 155 Å². The van der Waals surface area contributed by atoms with Crippen molar-refractivity contribution < 1.29 is 9.32 Å². The molecule has 0 N–H and O–H groups in total.